The highest BCUT2D eigenvalue weighted by Crippen LogP contribution is 2.20. The van der Waals surface area contributed by atoms with Gasteiger partial charge in [-0.25, -0.2) is 0 Å². The van der Waals surface area contributed by atoms with Gasteiger partial charge < -0.3 is 5.73 Å². The Morgan fingerprint density at radius 1 is 1.22 bits per heavy atom. The van der Waals surface area contributed by atoms with Crippen molar-refractivity contribution >= 4 is 15.9 Å². The molecule has 4 N–H and O–H groups in total. The summed E-state index contributed by atoms with van der Waals surface area (Å²) in [7, 11) is -3.56. The highest BCUT2D eigenvalue weighted by Gasteiger charge is 2.22. The molecule has 102 valence electrons. The second kappa shape index (κ2) is 5.26. The van der Waals surface area contributed by atoms with Crippen LogP contribution in [0.15, 0.2) is 24.3 Å². The van der Waals surface area contributed by atoms with Crippen LogP contribution in [0.2, 0.25) is 0 Å². The molecule has 6 heteroatoms. The summed E-state index contributed by atoms with van der Waals surface area (Å²) in [5.41, 5.74) is 6.63. The summed E-state index contributed by atoms with van der Waals surface area (Å²) in [4.78, 5) is 0. The number of nitrogen functional groups attached to an aromatic ring is 1. The first-order valence-electron chi connectivity index (χ1n) is 5.76. The van der Waals surface area contributed by atoms with Crippen LogP contribution in [0.4, 0.5) is 5.69 Å². The van der Waals surface area contributed by atoms with E-state index < -0.39 is 15.7 Å². The largest absolute Gasteiger partial charge is 0.398 e. The number of nitrogens with two attached hydrogens (primary N) is 1. The Kier molecular flexibility index (Phi) is 4.37. The van der Waals surface area contributed by atoms with Crippen LogP contribution in [0.5, 0.6) is 0 Å². The maximum Gasteiger partial charge on any atom is 0.277 e. The molecule has 0 bridgehead atoms. The van der Waals surface area contributed by atoms with Gasteiger partial charge >= 0.3 is 0 Å². The topological polar surface area (TPSA) is 84.2 Å². The van der Waals surface area contributed by atoms with E-state index in [2.05, 4.69) is 9.44 Å². The number of hydrogen-bond donors (Lipinski definition) is 3. The molecular formula is C12H21N3O2S. The van der Waals surface area contributed by atoms with Crippen LogP contribution < -0.4 is 15.2 Å². The van der Waals surface area contributed by atoms with Gasteiger partial charge in [0.15, 0.2) is 0 Å². The van der Waals surface area contributed by atoms with Gasteiger partial charge in [-0.15, -0.1) is 0 Å². The normalized spacial score (nSPS) is 14.4. The van der Waals surface area contributed by atoms with E-state index in [4.69, 9.17) is 5.73 Å². The molecule has 0 aromatic heterocycles. The fraction of sp³-hybridized carbons (Fsp3) is 0.500. The van der Waals surface area contributed by atoms with E-state index in [0.29, 0.717) is 5.69 Å². The van der Waals surface area contributed by atoms with Crippen molar-refractivity contribution in [2.75, 3.05) is 5.73 Å². The standard InChI is InChI=1S/C12H21N3O2S/c1-9(10-7-5-6-8-11(10)13)14-18(16,17)15-12(2,3)4/h5-9,14-15H,13H2,1-4H3. The van der Waals surface area contributed by atoms with Gasteiger partial charge in [-0.3, -0.25) is 0 Å². The quantitative estimate of drug-likeness (QED) is 0.726. The summed E-state index contributed by atoms with van der Waals surface area (Å²) in [5, 5.41) is 0. The Balaban J connectivity index is 2.83. The van der Waals surface area contributed by atoms with Crippen LogP contribution in [0, 0.1) is 0 Å². The average Bonchev–Trinajstić information content (AvgIpc) is 2.12. The van der Waals surface area contributed by atoms with Crippen molar-refractivity contribution in [3.05, 3.63) is 29.8 Å². The van der Waals surface area contributed by atoms with Gasteiger partial charge in [0.2, 0.25) is 0 Å². The van der Waals surface area contributed by atoms with Crippen LogP contribution in [0.25, 0.3) is 0 Å². The first kappa shape index (κ1) is 14.9. The summed E-state index contributed by atoms with van der Waals surface area (Å²) in [6.07, 6.45) is 0. The molecule has 1 unspecified atom stereocenters. The van der Waals surface area contributed by atoms with Crippen LogP contribution in [-0.2, 0) is 10.2 Å². The summed E-state index contributed by atoms with van der Waals surface area (Å²) in [6, 6.07) is 6.81. The molecule has 0 saturated carbocycles. The Morgan fingerprint density at radius 2 is 1.78 bits per heavy atom. The number of hydrogen-bond acceptors (Lipinski definition) is 3. The first-order chi connectivity index (χ1) is 8.11. The maximum atomic E-state index is 11.9. The van der Waals surface area contributed by atoms with Crippen molar-refractivity contribution in [3.63, 3.8) is 0 Å². The van der Waals surface area contributed by atoms with E-state index in [9.17, 15) is 8.42 Å². The minimum Gasteiger partial charge on any atom is -0.398 e. The SMILES string of the molecule is CC(NS(=O)(=O)NC(C)(C)C)c1ccccc1N. The lowest BCUT2D eigenvalue weighted by Gasteiger charge is -2.23. The lowest BCUT2D eigenvalue weighted by molar-refractivity contribution is 0.478. The zero-order chi connectivity index (χ0) is 14.0. The molecule has 0 aliphatic heterocycles. The number of nitrogens with one attached hydrogen (secondary N) is 2. The maximum absolute atomic E-state index is 11.9. The predicted octanol–water partition coefficient (Wildman–Crippen LogP) is 1.55. The van der Waals surface area contributed by atoms with Gasteiger partial charge in [-0.2, -0.15) is 17.9 Å². The van der Waals surface area contributed by atoms with Gasteiger partial charge in [0.05, 0.1) is 0 Å². The van der Waals surface area contributed by atoms with Crippen molar-refractivity contribution in [3.8, 4) is 0 Å². The molecule has 0 spiro atoms. The Morgan fingerprint density at radius 3 is 2.28 bits per heavy atom. The third-order valence-electron chi connectivity index (χ3n) is 2.23. The molecule has 1 aromatic carbocycles. The van der Waals surface area contributed by atoms with E-state index in [-0.39, 0.29) is 6.04 Å². The van der Waals surface area contributed by atoms with Crippen molar-refractivity contribution in [1.82, 2.24) is 9.44 Å². The molecule has 5 nitrogen and oxygen atoms in total. The second-order valence-corrected chi connectivity index (χ2v) is 6.77. The summed E-state index contributed by atoms with van der Waals surface area (Å²) in [5.74, 6) is 0. The van der Waals surface area contributed by atoms with Gasteiger partial charge in [0.1, 0.15) is 0 Å². The predicted molar refractivity (Wildman–Crippen MR) is 74.2 cm³/mol. The number of para-hydroxylation sites is 1. The molecule has 0 fully saturated rings. The van der Waals surface area contributed by atoms with E-state index in [1.807, 2.05) is 12.1 Å². The highest BCUT2D eigenvalue weighted by molar-refractivity contribution is 7.87. The third-order valence-corrected chi connectivity index (χ3v) is 3.78. The van der Waals surface area contributed by atoms with Crippen molar-refractivity contribution < 1.29 is 8.42 Å². The second-order valence-electron chi connectivity index (χ2n) is 5.32. The number of anilines is 1. The van der Waals surface area contributed by atoms with Crippen molar-refractivity contribution in [2.45, 2.75) is 39.3 Å². The zero-order valence-corrected chi connectivity index (χ0v) is 12.0. The molecule has 0 heterocycles. The zero-order valence-electron chi connectivity index (χ0n) is 11.2. The monoisotopic (exact) mass is 271 g/mol. The smallest absolute Gasteiger partial charge is 0.277 e. The fourth-order valence-electron chi connectivity index (χ4n) is 1.63. The molecule has 0 aliphatic rings. The van der Waals surface area contributed by atoms with Crippen molar-refractivity contribution in [2.24, 2.45) is 0 Å². The van der Waals surface area contributed by atoms with Crippen molar-refractivity contribution in [1.29, 1.82) is 0 Å². The van der Waals surface area contributed by atoms with E-state index >= 15 is 0 Å². The van der Waals surface area contributed by atoms with Crippen LogP contribution in [-0.4, -0.2) is 14.0 Å². The average molecular weight is 271 g/mol. The van der Waals surface area contributed by atoms with Crippen LogP contribution in [0.1, 0.15) is 39.3 Å². The third kappa shape index (κ3) is 4.64. The lowest BCUT2D eigenvalue weighted by Crippen LogP contribution is -2.47. The summed E-state index contributed by atoms with van der Waals surface area (Å²) < 4.78 is 28.8. The minimum absolute atomic E-state index is 0.383. The summed E-state index contributed by atoms with van der Waals surface area (Å²) >= 11 is 0. The molecule has 1 aromatic rings. The van der Waals surface area contributed by atoms with E-state index in [1.54, 1.807) is 39.8 Å². The minimum atomic E-state index is -3.56. The molecule has 0 aliphatic carbocycles. The van der Waals surface area contributed by atoms with Crippen LogP contribution in [0.3, 0.4) is 0 Å². The van der Waals surface area contributed by atoms with Gasteiger partial charge in [0.25, 0.3) is 10.2 Å². The number of rotatable bonds is 4. The Hall–Kier alpha value is -1.11. The molecule has 18 heavy (non-hydrogen) atoms. The molecule has 1 rings (SSSR count). The van der Waals surface area contributed by atoms with E-state index in [0.717, 1.165) is 5.56 Å². The molecule has 0 radical (unpaired) electrons. The molecule has 0 saturated heterocycles. The molecular weight excluding hydrogens is 250 g/mol. The van der Waals surface area contributed by atoms with Crippen LogP contribution >= 0.6 is 0 Å². The van der Waals surface area contributed by atoms with Gasteiger partial charge in [-0.05, 0) is 39.3 Å². The van der Waals surface area contributed by atoms with Gasteiger partial charge in [-0.1, -0.05) is 18.2 Å². The highest BCUT2D eigenvalue weighted by atomic mass is 32.2. The van der Waals surface area contributed by atoms with Gasteiger partial charge in [0, 0.05) is 17.3 Å². The Labute approximate surface area is 109 Å². The number of benzene rings is 1. The Bertz CT molecular complexity index is 506. The molecule has 1 atom stereocenters. The first-order valence-corrected chi connectivity index (χ1v) is 7.25. The fourth-order valence-corrected chi connectivity index (χ4v) is 3.09. The lowest BCUT2D eigenvalue weighted by atomic mass is 10.1. The van der Waals surface area contributed by atoms with E-state index in [1.165, 1.54) is 0 Å². The molecule has 0 amide bonds. The summed E-state index contributed by atoms with van der Waals surface area (Å²) in [6.45, 7) is 7.11.